The van der Waals surface area contributed by atoms with Crippen LogP contribution in [-0.4, -0.2) is 49.7 Å². The summed E-state index contributed by atoms with van der Waals surface area (Å²) < 4.78 is 16.1. The van der Waals surface area contributed by atoms with E-state index in [2.05, 4.69) is 6.92 Å². The van der Waals surface area contributed by atoms with Gasteiger partial charge in [0.15, 0.2) is 6.29 Å². The predicted molar refractivity (Wildman–Crippen MR) is 75.1 cm³/mol. The Morgan fingerprint density at radius 1 is 1.26 bits per heavy atom. The van der Waals surface area contributed by atoms with Crippen molar-refractivity contribution in [2.24, 2.45) is 0 Å². The molecular weight excluding hydrogens is 246 g/mol. The van der Waals surface area contributed by atoms with Gasteiger partial charge in [-0.3, -0.25) is 0 Å². The highest BCUT2D eigenvalue weighted by Crippen LogP contribution is 2.10. The third-order valence-corrected chi connectivity index (χ3v) is 2.49. The molecule has 0 N–H and O–H groups in total. The summed E-state index contributed by atoms with van der Waals surface area (Å²) in [5.41, 5.74) is -0.470. The van der Waals surface area contributed by atoms with Crippen LogP contribution in [-0.2, 0) is 14.2 Å². The molecule has 0 aromatic rings. The van der Waals surface area contributed by atoms with Crippen molar-refractivity contribution < 1.29 is 19.0 Å². The first-order valence-electron chi connectivity index (χ1n) is 6.96. The number of nitrogens with zero attached hydrogens (tertiary/aromatic N) is 1. The third-order valence-electron chi connectivity index (χ3n) is 2.49. The summed E-state index contributed by atoms with van der Waals surface area (Å²) in [5.74, 6) is 0. The largest absolute Gasteiger partial charge is 0.444 e. The summed E-state index contributed by atoms with van der Waals surface area (Å²) in [6, 6.07) is 0. The number of likely N-dealkylation sites (N-methyl/N-ethyl adjacent to an activating group) is 1. The van der Waals surface area contributed by atoms with Crippen molar-refractivity contribution in [3.8, 4) is 0 Å². The molecular formula is C14H29NO4. The number of methoxy groups -OCH3 is 1. The first-order chi connectivity index (χ1) is 8.84. The van der Waals surface area contributed by atoms with Gasteiger partial charge in [-0.25, -0.2) is 4.79 Å². The van der Waals surface area contributed by atoms with Crippen LogP contribution < -0.4 is 0 Å². The molecule has 1 atom stereocenters. The fourth-order valence-electron chi connectivity index (χ4n) is 1.50. The summed E-state index contributed by atoms with van der Waals surface area (Å²) in [6.45, 7) is 11.1. The lowest BCUT2D eigenvalue weighted by Crippen LogP contribution is -2.39. The maximum Gasteiger partial charge on any atom is 0.410 e. The van der Waals surface area contributed by atoms with Gasteiger partial charge in [0, 0.05) is 20.2 Å². The first-order valence-corrected chi connectivity index (χ1v) is 6.96. The Labute approximate surface area is 117 Å². The minimum atomic E-state index is -0.470. The van der Waals surface area contributed by atoms with Gasteiger partial charge >= 0.3 is 6.09 Å². The number of hydrogen-bond donors (Lipinski definition) is 0. The van der Waals surface area contributed by atoms with E-state index in [0.717, 1.165) is 12.8 Å². The summed E-state index contributed by atoms with van der Waals surface area (Å²) in [6.07, 6.45) is 1.36. The van der Waals surface area contributed by atoms with Gasteiger partial charge in [0.2, 0.25) is 0 Å². The molecule has 0 aromatic heterocycles. The van der Waals surface area contributed by atoms with Crippen LogP contribution in [0.2, 0.25) is 0 Å². The Balaban J connectivity index is 4.09. The van der Waals surface area contributed by atoms with Gasteiger partial charge < -0.3 is 19.1 Å². The zero-order valence-corrected chi connectivity index (χ0v) is 13.2. The lowest BCUT2D eigenvalue weighted by molar-refractivity contribution is -0.130. The third kappa shape index (κ3) is 8.83. The lowest BCUT2D eigenvalue weighted by Gasteiger charge is -2.27. The number of carbonyl (C=O) groups excluding carboxylic acids is 1. The molecule has 0 aliphatic heterocycles. The van der Waals surface area contributed by atoms with Crippen molar-refractivity contribution in [1.29, 1.82) is 0 Å². The van der Waals surface area contributed by atoms with Gasteiger partial charge in [0.05, 0.1) is 6.61 Å². The Morgan fingerprint density at radius 3 is 2.32 bits per heavy atom. The standard InChI is InChI=1S/C14H29NO4/c1-7-9-12(17-6)18-11-10-15(8-2)13(16)19-14(3,4)5/h12H,7-11H2,1-6H3. The maximum absolute atomic E-state index is 11.9. The molecule has 5 heteroatoms. The highest BCUT2D eigenvalue weighted by atomic mass is 16.7. The van der Waals surface area contributed by atoms with E-state index >= 15 is 0 Å². The minimum absolute atomic E-state index is 0.192. The summed E-state index contributed by atoms with van der Waals surface area (Å²) in [7, 11) is 1.63. The average molecular weight is 275 g/mol. The molecule has 0 fully saturated rings. The van der Waals surface area contributed by atoms with E-state index in [1.165, 1.54) is 0 Å². The maximum atomic E-state index is 11.9. The summed E-state index contributed by atoms with van der Waals surface area (Å²) >= 11 is 0. The number of carbonyl (C=O) groups is 1. The number of amides is 1. The Morgan fingerprint density at radius 2 is 1.89 bits per heavy atom. The molecule has 1 unspecified atom stereocenters. The molecule has 114 valence electrons. The second-order valence-corrected chi connectivity index (χ2v) is 5.38. The first kappa shape index (κ1) is 18.2. The number of ether oxygens (including phenoxy) is 3. The van der Waals surface area contributed by atoms with Crippen molar-refractivity contribution in [3.05, 3.63) is 0 Å². The second-order valence-electron chi connectivity index (χ2n) is 5.38. The van der Waals surface area contributed by atoms with Crippen LogP contribution in [0.15, 0.2) is 0 Å². The van der Waals surface area contributed by atoms with Gasteiger partial charge in [-0.15, -0.1) is 0 Å². The van der Waals surface area contributed by atoms with E-state index in [1.54, 1.807) is 12.0 Å². The number of hydrogen-bond acceptors (Lipinski definition) is 4. The number of rotatable bonds is 8. The fraction of sp³-hybridized carbons (Fsp3) is 0.929. The quantitative estimate of drug-likeness (QED) is 0.639. The molecule has 0 aliphatic carbocycles. The Hall–Kier alpha value is -0.810. The van der Waals surface area contributed by atoms with Gasteiger partial charge in [0.1, 0.15) is 5.60 Å². The molecule has 0 heterocycles. The Kier molecular flexibility index (Phi) is 8.76. The van der Waals surface area contributed by atoms with Crippen molar-refractivity contribution in [2.75, 3.05) is 26.8 Å². The summed E-state index contributed by atoms with van der Waals surface area (Å²) in [4.78, 5) is 13.5. The van der Waals surface area contributed by atoms with Gasteiger partial charge in [-0.05, 0) is 34.1 Å². The zero-order valence-electron chi connectivity index (χ0n) is 13.2. The van der Waals surface area contributed by atoms with Crippen molar-refractivity contribution in [2.45, 2.75) is 59.4 Å². The highest BCUT2D eigenvalue weighted by molar-refractivity contribution is 5.68. The topological polar surface area (TPSA) is 48.0 Å². The molecule has 0 saturated carbocycles. The van der Waals surface area contributed by atoms with Gasteiger partial charge in [0.25, 0.3) is 0 Å². The zero-order chi connectivity index (χ0) is 14.9. The van der Waals surface area contributed by atoms with Crippen LogP contribution in [0, 0.1) is 0 Å². The monoisotopic (exact) mass is 275 g/mol. The van der Waals surface area contributed by atoms with E-state index in [1.807, 2.05) is 27.7 Å². The van der Waals surface area contributed by atoms with Crippen molar-refractivity contribution in [3.63, 3.8) is 0 Å². The van der Waals surface area contributed by atoms with E-state index in [0.29, 0.717) is 19.7 Å². The molecule has 0 radical (unpaired) electrons. The summed E-state index contributed by atoms with van der Waals surface area (Å²) in [5, 5.41) is 0. The van der Waals surface area contributed by atoms with Gasteiger partial charge in [-0.1, -0.05) is 13.3 Å². The molecule has 5 nitrogen and oxygen atoms in total. The molecule has 0 rings (SSSR count). The van der Waals surface area contributed by atoms with Crippen LogP contribution in [0.25, 0.3) is 0 Å². The lowest BCUT2D eigenvalue weighted by atomic mass is 10.2. The SMILES string of the molecule is CCCC(OC)OCCN(CC)C(=O)OC(C)(C)C. The minimum Gasteiger partial charge on any atom is -0.444 e. The van der Waals surface area contributed by atoms with Crippen LogP contribution in [0.5, 0.6) is 0 Å². The van der Waals surface area contributed by atoms with E-state index in [-0.39, 0.29) is 12.4 Å². The van der Waals surface area contributed by atoms with Gasteiger partial charge in [-0.2, -0.15) is 0 Å². The molecule has 0 saturated heterocycles. The van der Waals surface area contributed by atoms with Crippen molar-refractivity contribution >= 4 is 6.09 Å². The molecule has 0 bridgehead atoms. The normalized spacial score (nSPS) is 13.2. The predicted octanol–water partition coefficient (Wildman–Crippen LogP) is 3.03. The molecule has 0 aromatic carbocycles. The second kappa shape index (κ2) is 9.15. The highest BCUT2D eigenvalue weighted by Gasteiger charge is 2.21. The van der Waals surface area contributed by atoms with E-state index in [4.69, 9.17) is 14.2 Å². The molecule has 1 amide bonds. The smallest absolute Gasteiger partial charge is 0.410 e. The molecule has 0 aliphatic rings. The van der Waals surface area contributed by atoms with Crippen LogP contribution in [0.1, 0.15) is 47.5 Å². The molecule has 19 heavy (non-hydrogen) atoms. The average Bonchev–Trinajstić information content (AvgIpc) is 2.30. The Bertz CT molecular complexity index is 250. The molecule has 0 spiro atoms. The van der Waals surface area contributed by atoms with E-state index < -0.39 is 5.60 Å². The van der Waals surface area contributed by atoms with Crippen LogP contribution >= 0.6 is 0 Å². The fourth-order valence-corrected chi connectivity index (χ4v) is 1.50. The van der Waals surface area contributed by atoms with E-state index in [9.17, 15) is 4.79 Å². The van der Waals surface area contributed by atoms with Crippen molar-refractivity contribution in [1.82, 2.24) is 4.90 Å². The van der Waals surface area contributed by atoms with Crippen LogP contribution in [0.3, 0.4) is 0 Å². The van der Waals surface area contributed by atoms with Crippen LogP contribution in [0.4, 0.5) is 4.79 Å².